The Balaban J connectivity index is 0.00000364. The molecule has 0 aromatic heterocycles. The lowest BCUT2D eigenvalue weighted by molar-refractivity contribution is 0.212. The number of rotatable bonds is 8. The smallest absolute Gasteiger partial charge is 0.229 e. The molecule has 0 saturated carbocycles. The molecule has 0 aliphatic heterocycles. The molecule has 0 bridgehead atoms. The minimum absolute atomic E-state index is 0. The van der Waals surface area contributed by atoms with Gasteiger partial charge in [-0.2, -0.15) is 0 Å². The third-order valence-corrected chi connectivity index (χ3v) is 5.62. The zero-order valence-corrected chi connectivity index (χ0v) is 18.6. The van der Waals surface area contributed by atoms with Crippen LogP contribution in [0.5, 0.6) is 5.75 Å². The van der Waals surface area contributed by atoms with Crippen molar-refractivity contribution >= 4 is 51.3 Å². The Bertz CT molecular complexity index is 782. The largest absolute Gasteiger partial charge is 0.466 e. The Morgan fingerprint density at radius 3 is 2.44 bits per heavy atom. The van der Waals surface area contributed by atoms with Gasteiger partial charge in [-0.05, 0) is 55.9 Å². The number of benzene rings is 1. The Morgan fingerprint density at radius 2 is 1.93 bits per heavy atom. The van der Waals surface area contributed by atoms with Crippen LogP contribution in [0.1, 0.15) is 13.3 Å². The maximum absolute atomic E-state index is 11.2. The van der Waals surface area contributed by atoms with Crippen molar-refractivity contribution in [1.82, 2.24) is 4.90 Å². The predicted octanol–water partition coefficient (Wildman–Crippen LogP) is 4.24. The van der Waals surface area contributed by atoms with Crippen molar-refractivity contribution in [1.29, 1.82) is 0 Å². The monoisotopic (exact) mass is 454 g/mol. The number of alkyl halides is 2. The molecule has 9 heteroatoms. The fraction of sp³-hybridized carbons (Fsp3) is 0.444. The highest BCUT2D eigenvalue weighted by Crippen LogP contribution is 2.35. The molecule has 1 aliphatic rings. The summed E-state index contributed by atoms with van der Waals surface area (Å²) in [5, 5.41) is -1.71. The zero-order valence-electron chi connectivity index (χ0n) is 15.5. The number of halogens is 3. The second kappa shape index (κ2) is 10.0. The molecule has 1 aromatic carbocycles. The first-order chi connectivity index (χ1) is 12.1. The number of hydrogen-bond donors (Lipinski definition) is 1. The first-order valence-corrected chi connectivity index (χ1v) is 11.0. The fourth-order valence-electron chi connectivity index (χ4n) is 2.39. The van der Waals surface area contributed by atoms with E-state index in [1.54, 1.807) is 30.3 Å². The van der Waals surface area contributed by atoms with Crippen molar-refractivity contribution in [3.05, 3.63) is 48.1 Å². The molecule has 0 radical (unpaired) electrons. The second-order valence-corrected chi connectivity index (χ2v) is 9.13. The van der Waals surface area contributed by atoms with E-state index in [-0.39, 0.29) is 12.4 Å². The van der Waals surface area contributed by atoms with Crippen LogP contribution in [-0.4, -0.2) is 50.1 Å². The number of allylic oxidation sites excluding steroid dienone is 1. The van der Waals surface area contributed by atoms with Crippen LogP contribution in [0.4, 0.5) is 5.69 Å². The topological polar surface area (TPSA) is 58.6 Å². The van der Waals surface area contributed by atoms with Crippen molar-refractivity contribution in [3.63, 3.8) is 0 Å². The highest BCUT2D eigenvalue weighted by Gasteiger charge is 2.36. The van der Waals surface area contributed by atoms with Gasteiger partial charge in [0, 0.05) is 12.2 Å². The lowest BCUT2D eigenvalue weighted by Gasteiger charge is -2.31. The summed E-state index contributed by atoms with van der Waals surface area (Å²) in [5.41, 5.74) is 1.57. The summed E-state index contributed by atoms with van der Waals surface area (Å²) >= 11 is 13.0. The molecular weight excluding hydrogens is 431 g/mol. The standard InChI is InChI=1S/C18H24Cl2N2O3S.ClH/c1-4-22(2)12-10-14-9-11-18(20,17(19)13-14)25-16-7-5-15(6-8-16)21-26(3,23)24;/h5-9,11,13,17,21H,4,10,12H2,1-3H3;1H. The van der Waals surface area contributed by atoms with Crippen molar-refractivity contribution in [2.24, 2.45) is 0 Å². The number of nitrogens with one attached hydrogen (secondary N) is 1. The quantitative estimate of drug-likeness (QED) is 0.596. The van der Waals surface area contributed by atoms with Crippen LogP contribution < -0.4 is 9.46 Å². The molecule has 0 saturated heterocycles. The first kappa shape index (κ1) is 24.1. The average Bonchev–Trinajstić information content (AvgIpc) is 2.56. The summed E-state index contributed by atoms with van der Waals surface area (Å²) < 4.78 is 30.7. The summed E-state index contributed by atoms with van der Waals surface area (Å²) in [6, 6.07) is 6.50. The Kier molecular flexibility index (Phi) is 8.96. The molecule has 0 fully saturated rings. The van der Waals surface area contributed by atoms with Crippen LogP contribution in [0, 0.1) is 0 Å². The summed E-state index contributed by atoms with van der Waals surface area (Å²) in [7, 11) is -1.25. The summed E-state index contributed by atoms with van der Waals surface area (Å²) in [5.74, 6) is 0.497. The van der Waals surface area contributed by atoms with Gasteiger partial charge in [0.1, 0.15) is 11.1 Å². The van der Waals surface area contributed by atoms with Crippen molar-refractivity contribution < 1.29 is 13.2 Å². The van der Waals surface area contributed by atoms with Crippen LogP contribution >= 0.6 is 35.6 Å². The van der Waals surface area contributed by atoms with E-state index in [2.05, 4.69) is 23.6 Å². The minimum Gasteiger partial charge on any atom is -0.466 e. The van der Waals surface area contributed by atoms with E-state index < -0.39 is 20.5 Å². The highest BCUT2D eigenvalue weighted by molar-refractivity contribution is 7.92. The maximum atomic E-state index is 11.2. The Labute approximate surface area is 177 Å². The van der Waals surface area contributed by atoms with Gasteiger partial charge in [-0.15, -0.1) is 24.0 Å². The summed E-state index contributed by atoms with van der Waals surface area (Å²) in [6.45, 7) is 4.05. The van der Waals surface area contributed by atoms with Gasteiger partial charge in [0.25, 0.3) is 0 Å². The molecule has 27 heavy (non-hydrogen) atoms. The average molecular weight is 456 g/mol. The molecule has 0 heterocycles. The number of ether oxygens (including phenoxy) is 1. The van der Waals surface area contributed by atoms with E-state index in [9.17, 15) is 8.42 Å². The molecule has 1 aliphatic carbocycles. The molecular formula is C18H25Cl3N2O3S. The molecule has 2 rings (SSSR count). The lowest BCUT2D eigenvalue weighted by Crippen LogP contribution is -2.38. The van der Waals surface area contributed by atoms with Gasteiger partial charge in [-0.1, -0.05) is 30.7 Å². The van der Waals surface area contributed by atoms with E-state index >= 15 is 0 Å². The van der Waals surface area contributed by atoms with E-state index in [4.69, 9.17) is 27.9 Å². The molecule has 2 atom stereocenters. The van der Waals surface area contributed by atoms with Gasteiger partial charge in [-0.25, -0.2) is 8.42 Å². The van der Waals surface area contributed by atoms with Crippen molar-refractivity contribution in [3.8, 4) is 5.75 Å². The van der Waals surface area contributed by atoms with Crippen molar-refractivity contribution in [2.75, 3.05) is 31.1 Å². The van der Waals surface area contributed by atoms with E-state index in [0.717, 1.165) is 31.3 Å². The first-order valence-electron chi connectivity index (χ1n) is 8.29. The van der Waals surface area contributed by atoms with Gasteiger partial charge >= 0.3 is 0 Å². The number of anilines is 1. The van der Waals surface area contributed by atoms with E-state index in [1.807, 2.05) is 12.2 Å². The third kappa shape index (κ3) is 7.54. The Morgan fingerprint density at radius 1 is 1.30 bits per heavy atom. The van der Waals surface area contributed by atoms with Crippen LogP contribution in [0.25, 0.3) is 0 Å². The molecule has 1 N–H and O–H groups in total. The van der Waals surface area contributed by atoms with Gasteiger partial charge in [0.15, 0.2) is 0 Å². The molecule has 2 unspecified atom stereocenters. The highest BCUT2D eigenvalue weighted by atomic mass is 35.5. The van der Waals surface area contributed by atoms with Crippen molar-refractivity contribution in [2.45, 2.75) is 23.8 Å². The van der Waals surface area contributed by atoms with Gasteiger partial charge in [-0.3, -0.25) is 4.72 Å². The fourth-order valence-corrected chi connectivity index (χ4v) is 3.45. The molecule has 152 valence electrons. The minimum atomic E-state index is -3.32. The Hall–Kier alpha value is -0.920. The van der Waals surface area contributed by atoms with Crippen LogP contribution in [-0.2, 0) is 10.0 Å². The molecule has 1 aromatic rings. The molecule has 0 amide bonds. The SMILES string of the molecule is CCN(C)CCC1=CC(Cl)C(Cl)(Oc2ccc(NS(C)(=O)=O)cc2)C=C1.Cl. The van der Waals surface area contributed by atoms with Gasteiger partial charge in [0.2, 0.25) is 15.1 Å². The number of nitrogens with zero attached hydrogens (tertiary/aromatic N) is 1. The molecule has 0 spiro atoms. The van der Waals surface area contributed by atoms with Gasteiger partial charge < -0.3 is 9.64 Å². The van der Waals surface area contributed by atoms with E-state index in [0.29, 0.717) is 11.4 Å². The van der Waals surface area contributed by atoms with E-state index in [1.165, 1.54) is 0 Å². The number of hydrogen-bond acceptors (Lipinski definition) is 4. The zero-order chi connectivity index (χ0) is 19.4. The molecule has 5 nitrogen and oxygen atoms in total. The van der Waals surface area contributed by atoms with Crippen LogP contribution in [0.2, 0.25) is 0 Å². The maximum Gasteiger partial charge on any atom is 0.229 e. The summed E-state index contributed by atoms with van der Waals surface area (Å²) in [6.07, 6.45) is 7.60. The number of sulfonamides is 1. The van der Waals surface area contributed by atoms with Crippen LogP contribution in [0.15, 0.2) is 48.1 Å². The van der Waals surface area contributed by atoms with Crippen LogP contribution in [0.3, 0.4) is 0 Å². The summed E-state index contributed by atoms with van der Waals surface area (Å²) in [4.78, 5) is 2.23. The van der Waals surface area contributed by atoms with Gasteiger partial charge in [0.05, 0.1) is 6.26 Å². The lowest BCUT2D eigenvalue weighted by atomic mass is 10.0. The second-order valence-electron chi connectivity index (χ2n) is 6.32. The predicted molar refractivity (Wildman–Crippen MR) is 116 cm³/mol. The normalized spacial score (nSPS) is 22.1. The third-order valence-electron chi connectivity index (χ3n) is 4.01.